The molecule has 54 heavy (non-hydrogen) atoms. The Morgan fingerprint density at radius 2 is 1.11 bits per heavy atom. The highest BCUT2D eigenvalue weighted by Crippen LogP contribution is 2.59. The molecule has 0 spiro atoms. The molecule has 10 heteroatoms. The third-order valence-electron chi connectivity index (χ3n) is 14.4. The van der Waals surface area contributed by atoms with Crippen molar-refractivity contribution in [2.75, 3.05) is 18.0 Å². The molecule has 2 radical (unpaired) electrons. The summed E-state index contributed by atoms with van der Waals surface area (Å²) in [4.78, 5) is 61.5. The largest absolute Gasteiger partial charge is 0.369 e. The number of nitrogens with two attached hydrogens (primary N) is 2. The maximum Gasteiger partial charge on any atom is 0.226 e. The molecule has 6 aliphatic rings. The maximum atomic E-state index is 14.7. The Morgan fingerprint density at radius 1 is 0.722 bits per heavy atom. The van der Waals surface area contributed by atoms with Crippen LogP contribution in [0.25, 0.3) is 0 Å². The lowest BCUT2D eigenvalue weighted by atomic mass is 9.56. The van der Waals surface area contributed by atoms with Gasteiger partial charge in [0.15, 0.2) is 0 Å². The molecule has 3 aromatic rings. The molecule has 4 aliphatic carbocycles. The second-order valence-electron chi connectivity index (χ2n) is 16.2. The Morgan fingerprint density at radius 3 is 1.44 bits per heavy atom. The van der Waals surface area contributed by atoms with E-state index in [0.29, 0.717) is 51.6 Å². The Balaban J connectivity index is 1.46. The predicted octanol–water partition coefficient (Wildman–Crippen LogP) is 5.63. The minimum atomic E-state index is -1.37. The summed E-state index contributed by atoms with van der Waals surface area (Å²) in [6.45, 7) is 8.75. The van der Waals surface area contributed by atoms with E-state index in [-0.39, 0.29) is 5.82 Å². The fourth-order valence-corrected chi connectivity index (χ4v) is 11.5. The number of hydrogen-bond acceptors (Lipinski definition) is 7. The van der Waals surface area contributed by atoms with Crippen LogP contribution in [0.15, 0.2) is 72.8 Å². The summed E-state index contributed by atoms with van der Waals surface area (Å²) >= 11 is 0. The van der Waals surface area contributed by atoms with Gasteiger partial charge in [0.2, 0.25) is 24.4 Å². The third kappa shape index (κ3) is 5.15. The minimum Gasteiger partial charge on any atom is -0.369 e. The number of anilines is 1. The second kappa shape index (κ2) is 14.0. The average molecular weight is 734 g/mol. The van der Waals surface area contributed by atoms with Gasteiger partial charge in [0.25, 0.3) is 0 Å². The smallest absolute Gasteiger partial charge is 0.226 e. The number of fused-ring (bicyclic) bond motifs is 8. The van der Waals surface area contributed by atoms with Crippen molar-refractivity contribution in [1.29, 1.82) is 0 Å². The number of carbonyl (C=O) groups is 2. The summed E-state index contributed by atoms with van der Waals surface area (Å²) in [6, 6.07) is 22.4. The van der Waals surface area contributed by atoms with Crippen LogP contribution < -0.4 is 16.4 Å². The van der Waals surface area contributed by atoms with Crippen molar-refractivity contribution in [1.82, 2.24) is 9.80 Å². The van der Waals surface area contributed by atoms with Gasteiger partial charge in [0.05, 0.1) is 12.3 Å². The van der Waals surface area contributed by atoms with Crippen LogP contribution in [0.5, 0.6) is 0 Å². The molecule has 4 N–H and O–H groups in total. The van der Waals surface area contributed by atoms with Crippen LogP contribution in [0, 0.1) is 28.5 Å². The van der Waals surface area contributed by atoms with Gasteiger partial charge in [0.1, 0.15) is 16.9 Å². The maximum absolute atomic E-state index is 14.7. The Bertz CT molecular complexity index is 1790. The molecule has 0 aromatic heterocycles. The summed E-state index contributed by atoms with van der Waals surface area (Å²) in [5.41, 5.74) is 11.9. The number of hydrogen-bond donors (Lipinski definition) is 2. The second-order valence-corrected chi connectivity index (χ2v) is 16.2. The first kappa shape index (κ1) is 37.9. The lowest BCUT2D eigenvalue weighted by Gasteiger charge is -2.59. The number of benzene rings is 3. The van der Waals surface area contributed by atoms with Crippen LogP contribution in [0.1, 0.15) is 88.5 Å². The van der Waals surface area contributed by atoms with E-state index in [1.807, 2.05) is 76.2 Å². The van der Waals surface area contributed by atoms with E-state index in [1.165, 1.54) is 12.1 Å². The average Bonchev–Trinajstić information content (AvgIpc) is 3.75. The molecule has 6 unspecified atom stereocenters. The van der Waals surface area contributed by atoms with Gasteiger partial charge >= 0.3 is 0 Å². The van der Waals surface area contributed by atoms with Crippen molar-refractivity contribution < 1.29 is 23.6 Å². The monoisotopic (exact) mass is 733 g/mol. The quantitative estimate of drug-likeness (QED) is 0.233. The summed E-state index contributed by atoms with van der Waals surface area (Å²) in [6.07, 6.45) is 8.97. The first-order valence-corrected chi connectivity index (χ1v) is 19.5. The van der Waals surface area contributed by atoms with Crippen LogP contribution in [0.2, 0.25) is 0 Å². The highest BCUT2D eigenvalue weighted by molar-refractivity contribution is 5.82. The van der Waals surface area contributed by atoms with Crippen molar-refractivity contribution in [3.8, 4) is 0 Å². The molecule has 9 rings (SSSR count). The van der Waals surface area contributed by atoms with Crippen LogP contribution in [-0.4, -0.2) is 59.6 Å². The van der Waals surface area contributed by atoms with E-state index in [4.69, 9.17) is 11.5 Å². The van der Waals surface area contributed by atoms with Gasteiger partial charge < -0.3 is 16.4 Å². The number of amides is 2. The van der Waals surface area contributed by atoms with Gasteiger partial charge in [-0.1, -0.05) is 76.2 Å². The number of rotatable bonds is 13. The molecule has 2 aliphatic heterocycles. The van der Waals surface area contributed by atoms with E-state index < -0.39 is 57.9 Å². The summed E-state index contributed by atoms with van der Waals surface area (Å²) < 4.78 is 14.7. The van der Waals surface area contributed by atoms with Gasteiger partial charge in [-0.05, 0) is 97.9 Å². The molecule has 2 saturated heterocycles. The number of nitrogens with zero attached hydrogens (tertiary/aromatic N) is 3. The Hall–Kier alpha value is -4.41. The normalized spacial score (nSPS) is 31.8. The summed E-state index contributed by atoms with van der Waals surface area (Å²) in [7, 11) is 0. The highest BCUT2D eigenvalue weighted by Gasteiger charge is 2.66. The zero-order valence-electron chi connectivity index (χ0n) is 31.8. The van der Waals surface area contributed by atoms with E-state index in [1.54, 1.807) is 12.1 Å². The van der Waals surface area contributed by atoms with Gasteiger partial charge in [-0.3, -0.25) is 29.0 Å². The zero-order valence-corrected chi connectivity index (χ0v) is 31.8. The van der Waals surface area contributed by atoms with E-state index in [2.05, 4.69) is 27.3 Å². The number of primary amides is 2. The van der Waals surface area contributed by atoms with Crippen molar-refractivity contribution >= 4 is 30.1 Å². The predicted molar refractivity (Wildman–Crippen MR) is 206 cm³/mol. The fourth-order valence-electron chi connectivity index (χ4n) is 11.5. The summed E-state index contributed by atoms with van der Waals surface area (Å²) in [5.74, 6) is -2.70. The minimum absolute atomic E-state index is 0.381. The van der Waals surface area contributed by atoms with Crippen LogP contribution in [0.3, 0.4) is 0 Å². The first-order chi connectivity index (χ1) is 25.9. The Labute approximate surface area is 318 Å². The van der Waals surface area contributed by atoms with E-state index in [9.17, 15) is 23.6 Å². The zero-order chi connectivity index (χ0) is 38.6. The van der Waals surface area contributed by atoms with Crippen molar-refractivity contribution in [2.24, 2.45) is 34.1 Å². The SMILES string of the molecule is CCC1(C(C)C(N)=O)Cc2ccc(cc2)[C@@]1([C]=O)N1CCCC1N(c1ccc(F)cc1)C1CCCN1[C@]1([C]=O)c2ccc(cc2)CC1(CC)C(C)C(N)=O. The lowest BCUT2D eigenvalue weighted by Crippen LogP contribution is -2.70. The molecular formula is C44H52FN5O4. The molecule has 2 fully saturated rings. The fraction of sp³-hybridized carbons (Fsp3) is 0.500. The number of halogens is 1. The van der Waals surface area contributed by atoms with Crippen LogP contribution in [0.4, 0.5) is 10.1 Å². The van der Waals surface area contributed by atoms with Gasteiger partial charge in [-0.2, -0.15) is 0 Å². The topological polar surface area (TPSA) is 130 Å². The molecule has 4 bridgehead atoms. The molecule has 8 atom stereocenters. The Kier molecular flexibility index (Phi) is 9.84. The molecule has 3 aromatic carbocycles. The van der Waals surface area contributed by atoms with Crippen LogP contribution in [-0.2, 0) is 43.1 Å². The van der Waals surface area contributed by atoms with E-state index in [0.717, 1.165) is 40.8 Å². The highest BCUT2D eigenvalue weighted by atomic mass is 19.1. The molecule has 0 saturated carbocycles. The molecular weight excluding hydrogens is 682 g/mol. The van der Waals surface area contributed by atoms with Crippen molar-refractivity contribution in [2.45, 2.75) is 102 Å². The molecule has 284 valence electrons. The first-order valence-electron chi connectivity index (χ1n) is 19.5. The number of likely N-dealkylation sites (tertiary alicyclic amines) is 2. The van der Waals surface area contributed by atoms with Crippen molar-refractivity contribution in [3.63, 3.8) is 0 Å². The van der Waals surface area contributed by atoms with Gasteiger partial charge in [-0.25, -0.2) is 4.39 Å². The molecule has 2 heterocycles. The third-order valence-corrected chi connectivity index (χ3v) is 14.4. The van der Waals surface area contributed by atoms with E-state index >= 15 is 0 Å². The number of carbonyl (C=O) groups excluding carboxylic acids is 4. The van der Waals surface area contributed by atoms with Crippen molar-refractivity contribution in [3.05, 3.63) is 101 Å². The van der Waals surface area contributed by atoms with Crippen LogP contribution >= 0.6 is 0 Å². The van der Waals surface area contributed by atoms with Gasteiger partial charge in [-0.15, -0.1) is 0 Å². The molecule has 9 nitrogen and oxygen atoms in total. The molecule has 2 amide bonds. The lowest BCUT2D eigenvalue weighted by molar-refractivity contribution is -0.132. The van der Waals surface area contributed by atoms with Gasteiger partial charge in [0, 0.05) is 41.4 Å². The standard InChI is InChI=1S/C44H52FN5O4/c1-5-41(29(3)39(46)53)25-31-11-15-33(16-12-31)43(41,27-51)48-23-7-9-37(48)50(36-21-19-35(45)20-22-36)38-10-8-24-49(38)44(28-52)34-17-13-32(14-18-34)26-42(44,6-2)30(4)40(47)54/h11-22,29-30,37-38H,5-10,23-26H2,1-4H3,(H2,46,53)(H2,47,54)/t29?,30?,37?,38?,41?,42?,43-,44-/m1/s1. The summed E-state index contributed by atoms with van der Waals surface area (Å²) in [5, 5.41) is 0.